The van der Waals surface area contributed by atoms with Gasteiger partial charge in [0.15, 0.2) is 12.4 Å². The van der Waals surface area contributed by atoms with E-state index in [0.29, 0.717) is 0 Å². The third-order valence-electron chi connectivity index (χ3n) is 3.57. The second-order valence-corrected chi connectivity index (χ2v) is 7.31. The van der Waals surface area contributed by atoms with E-state index in [1.54, 1.807) is 0 Å². The molecule has 0 radical (unpaired) electrons. The van der Waals surface area contributed by atoms with Crippen molar-refractivity contribution in [1.29, 1.82) is 0 Å². The number of rotatable bonds is 7. The summed E-state index contributed by atoms with van der Waals surface area (Å²) in [6, 6.07) is 2.14. The van der Waals surface area contributed by atoms with Gasteiger partial charge >= 0.3 is 6.18 Å². The molecule has 2 N–H and O–H groups in total. The molecule has 0 aliphatic heterocycles. The molecule has 3 rings (SSSR count). The summed E-state index contributed by atoms with van der Waals surface area (Å²) in [5.41, 5.74) is -0.619. The van der Waals surface area contributed by atoms with Crippen LogP contribution in [0, 0.1) is 0 Å². The number of nitrogens with one attached hydrogen (secondary N) is 2. The third-order valence-corrected chi connectivity index (χ3v) is 4.94. The van der Waals surface area contributed by atoms with E-state index in [4.69, 9.17) is 4.74 Å². The van der Waals surface area contributed by atoms with E-state index in [9.17, 15) is 30.4 Å². The van der Waals surface area contributed by atoms with Crippen molar-refractivity contribution < 1.29 is 39.8 Å². The van der Waals surface area contributed by atoms with Crippen molar-refractivity contribution in [3.8, 4) is 11.6 Å². The number of pyridine rings is 1. The number of hydrogen-bond donors (Lipinski definition) is 2. The molecule has 9 nitrogen and oxygen atoms in total. The molecule has 0 saturated carbocycles. The number of fused-ring (bicyclic) bond motifs is 1. The molecule has 0 spiro atoms. The van der Waals surface area contributed by atoms with Gasteiger partial charge < -0.3 is 14.5 Å². The van der Waals surface area contributed by atoms with Crippen LogP contribution >= 0.6 is 0 Å². The van der Waals surface area contributed by atoms with Crippen LogP contribution in [0.5, 0.6) is 11.6 Å². The molecule has 30 heavy (non-hydrogen) atoms. The van der Waals surface area contributed by atoms with Crippen LogP contribution in [0.4, 0.5) is 27.9 Å². The van der Waals surface area contributed by atoms with Gasteiger partial charge in [-0.3, -0.25) is 0 Å². The van der Waals surface area contributed by atoms with Crippen LogP contribution < -0.4 is 14.2 Å². The van der Waals surface area contributed by atoms with E-state index in [-0.39, 0.29) is 15.9 Å². The zero-order chi connectivity index (χ0) is 22.1. The van der Waals surface area contributed by atoms with Crippen molar-refractivity contribution in [2.45, 2.75) is 17.5 Å². The molecule has 162 valence electrons. The number of aromatic nitrogens is 4. The van der Waals surface area contributed by atoms with Crippen molar-refractivity contribution in [2.24, 2.45) is 0 Å². The Hall–Kier alpha value is -3.23. The maximum absolute atomic E-state index is 12.7. The predicted molar refractivity (Wildman–Crippen MR) is 92.0 cm³/mol. The molecule has 0 aliphatic carbocycles. The van der Waals surface area contributed by atoms with Crippen molar-refractivity contribution >= 4 is 27.0 Å². The molecule has 0 unspecified atom stereocenters. The van der Waals surface area contributed by atoms with E-state index in [2.05, 4.69) is 24.7 Å². The zero-order valence-corrected chi connectivity index (χ0v) is 15.7. The van der Waals surface area contributed by atoms with Crippen molar-refractivity contribution in [3.05, 3.63) is 30.2 Å². The number of H-pyrrole nitrogens is 1. The molecule has 15 heteroatoms. The summed E-state index contributed by atoms with van der Waals surface area (Å²) in [5, 5.41) is 0.0315. The number of aromatic amines is 1. The Balaban J connectivity index is 1.87. The van der Waals surface area contributed by atoms with Crippen LogP contribution in [0.25, 0.3) is 11.0 Å². The minimum absolute atomic E-state index is 0.0315. The van der Waals surface area contributed by atoms with E-state index in [0.717, 1.165) is 31.6 Å². The van der Waals surface area contributed by atoms with Gasteiger partial charge in [-0.1, -0.05) is 0 Å². The fourth-order valence-corrected chi connectivity index (χ4v) is 3.44. The second-order valence-electron chi connectivity index (χ2n) is 5.66. The molecule has 0 saturated heterocycles. The van der Waals surface area contributed by atoms with Gasteiger partial charge in [0.25, 0.3) is 22.3 Å². The Morgan fingerprint density at radius 3 is 2.60 bits per heavy atom. The average molecular weight is 453 g/mol. The van der Waals surface area contributed by atoms with Crippen molar-refractivity contribution in [3.63, 3.8) is 0 Å². The molecule has 3 aromatic rings. The zero-order valence-electron chi connectivity index (χ0n) is 14.9. The maximum atomic E-state index is 12.7. The van der Waals surface area contributed by atoms with Gasteiger partial charge in [0, 0.05) is 11.6 Å². The molecular formula is C15H12F5N5O4S. The Labute approximate surface area is 165 Å². The SMILES string of the molecule is COc1nc(NS(=O)(=O)c2c[nH]c3nc(C(F)F)ccc23)ncc1OCC(F)(F)F. The van der Waals surface area contributed by atoms with Crippen molar-refractivity contribution in [1.82, 2.24) is 19.9 Å². The standard InChI is InChI=1S/C15H12F5N5O4S/c1-28-13-9(29-6-15(18,19)20)4-22-14(24-13)25-30(26,27)10-5-21-12-7(10)2-3-8(23-12)11(16)17/h2-5,11H,6H2,1H3,(H,21,23)(H,22,24,25). The van der Waals surface area contributed by atoms with E-state index in [1.807, 2.05) is 4.72 Å². The van der Waals surface area contributed by atoms with Gasteiger partial charge in [-0.15, -0.1) is 0 Å². The largest absolute Gasteiger partial charge is 0.478 e. The highest BCUT2D eigenvalue weighted by molar-refractivity contribution is 7.93. The lowest BCUT2D eigenvalue weighted by atomic mass is 10.3. The number of ether oxygens (including phenoxy) is 2. The lowest BCUT2D eigenvalue weighted by Crippen LogP contribution is -2.20. The summed E-state index contributed by atoms with van der Waals surface area (Å²) in [7, 11) is -3.22. The van der Waals surface area contributed by atoms with Crippen LogP contribution in [0.2, 0.25) is 0 Å². The topological polar surface area (TPSA) is 119 Å². The molecular weight excluding hydrogens is 441 g/mol. The summed E-state index contributed by atoms with van der Waals surface area (Å²) in [5.74, 6) is -1.40. The molecule has 3 heterocycles. The van der Waals surface area contributed by atoms with E-state index < -0.39 is 52.5 Å². The molecule has 0 bridgehead atoms. The molecule has 0 fully saturated rings. The Kier molecular flexibility index (Phi) is 5.65. The molecule has 0 aromatic carbocycles. The monoisotopic (exact) mass is 453 g/mol. The first kappa shape index (κ1) is 21.5. The first-order valence-electron chi connectivity index (χ1n) is 7.90. The quantitative estimate of drug-likeness (QED) is 0.528. The first-order chi connectivity index (χ1) is 14.0. The number of hydrogen-bond acceptors (Lipinski definition) is 7. The summed E-state index contributed by atoms with van der Waals surface area (Å²) in [4.78, 5) is 13.1. The Morgan fingerprint density at radius 1 is 1.23 bits per heavy atom. The van der Waals surface area contributed by atoms with Gasteiger partial charge in [-0.2, -0.15) is 18.2 Å². The van der Waals surface area contributed by atoms with Gasteiger partial charge in [-0.05, 0) is 12.1 Å². The lowest BCUT2D eigenvalue weighted by Gasteiger charge is -2.12. The highest BCUT2D eigenvalue weighted by atomic mass is 32.2. The summed E-state index contributed by atoms with van der Waals surface area (Å²) >= 11 is 0. The van der Waals surface area contributed by atoms with Gasteiger partial charge in [0.05, 0.1) is 13.3 Å². The number of halogens is 5. The Bertz CT molecular complexity index is 1170. The van der Waals surface area contributed by atoms with E-state index in [1.165, 1.54) is 0 Å². The van der Waals surface area contributed by atoms with Crippen LogP contribution in [0.1, 0.15) is 12.1 Å². The summed E-state index contributed by atoms with van der Waals surface area (Å²) in [6.07, 6.45) is -5.61. The maximum Gasteiger partial charge on any atom is 0.422 e. The minimum atomic E-state index is -4.61. The molecule has 3 aromatic heterocycles. The number of sulfonamides is 1. The number of methoxy groups -OCH3 is 1. The summed E-state index contributed by atoms with van der Waals surface area (Å²) in [6.45, 7) is -1.62. The third kappa shape index (κ3) is 4.67. The van der Waals surface area contributed by atoms with Crippen LogP contribution in [0.15, 0.2) is 29.4 Å². The summed E-state index contributed by atoms with van der Waals surface area (Å²) < 4.78 is 98.9. The van der Waals surface area contributed by atoms with Gasteiger partial charge in [-0.25, -0.2) is 31.9 Å². The second kappa shape index (κ2) is 7.89. The highest BCUT2D eigenvalue weighted by Crippen LogP contribution is 2.29. The Morgan fingerprint density at radius 2 is 1.97 bits per heavy atom. The smallest absolute Gasteiger partial charge is 0.422 e. The highest BCUT2D eigenvalue weighted by Gasteiger charge is 2.29. The normalized spacial score (nSPS) is 12.4. The number of anilines is 1. The fourth-order valence-electron chi connectivity index (χ4n) is 2.32. The van der Waals surface area contributed by atoms with E-state index >= 15 is 0 Å². The lowest BCUT2D eigenvalue weighted by molar-refractivity contribution is -0.153. The van der Waals surface area contributed by atoms with Crippen LogP contribution in [-0.2, 0) is 10.0 Å². The van der Waals surface area contributed by atoms with Gasteiger partial charge in [0.1, 0.15) is 16.2 Å². The van der Waals surface area contributed by atoms with Gasteiger partial charge in [0.2, 0.25) is 5.95 Å². The average Bonchev–Trinajstić information content (AvgIpc) is 3.10. The predicted octanol–water partition coefficient (Wildman–Crippen LogP) is 3.04. The first-order valence-corrected chi connectivity index (χ1v) is 9.38. The minimum Gasteiger partial charge on any atom is -0.478 e. The van der Waals surface area contributed by atoms with Crippen LogP contribution in [-0.4, -0.2) is 48.2 Å². The fraction of sp³-hybridized carbons (Fsp3) is 0.267. The molecule has 0 atom stereocenters. The van der Waals surface area contributed by atoms with Crippen LogP contribution in [0.3, 0.4) is 0 Å². The molecule has 0 aliphatic rings. The number of nitrogens with zero attached hydrogens (tertiary/aromatic N) is 3. The number of alkyl halides is 5. The molecule has 0 amide bonds. The van der Waals surface area contributed by atoms with Crippen molar-refractivity contribution in [2.75, 3.05) is 18.4 Å².